The van der Waals surface area contributed by atoms with Crippen molar-refractivity contribution in [1.82, 2.24) is 5.32 Å². The van der Waals surface area contributed by atoms with Crippen LogP contribution in [-0.4, -0.2) is 17.7 Å². The first kappa shape index (κ1) is 10.9. The van der Waals surface area contributed by atoms with E-state index in [0.29, 0.717) is 17.2 Å². The number of phenols is 1. The van der Waals surface area contributed by atoms with Crippen molar-refractivity contribution in [3.8, 4) is 5.75 Å². The van der Waals surface area contributed by atoms with Crippen LogP contribution in [0.3, 0.4) is 0 Å². The van der Waals surface area contributed by atoms with Crippen LogP contribution in [0.4, 0.5) is 0 Å². The molecule has 3 aliphatic rings. The van der Waals surface area contributed by atoms with Crippen molar-refractivity contribution in [2.75, 3.05) is 6.54 Å². The summed E-state index contributed by atoms with van der Waals surface area (Å²) in [6, 6.07) is 6.75. The van der Waals surface area contributed by atoms with Crippen molar-refractivity contribution >= 4 is 0 Å². The third-order valence-electron chi connectivity index (χ3n) is 5.63. The third-order valence-corrected chi connectivity index (χ3v) is 5.63. The molecule has 1 aromatic carbocycles. The van der Waals surface area contributed by atoms with E-state index in [4.69, 9.17) is 0 Å². The van der Waals surface area contributed by atoms with Gasteiger partial charge in [0.2, 0.25) is 0 Å². The zero-order chi connectivity index (χ0) is 12.2. The Balaban J connectivity index is 1.91. The molecular weight excluding hydrogens is 222 g/mol. The molecule has 2 bridgehead atoms. The van der Waals surface area contributed by atoms with Gasteiger partial charge in [0.15, 0.2) is 0 Å². The van der Waals surface area contributed by atoms with Gasteiger partial charge in [-0.1, -0.05) is 18.9 Å². The zero-order valence-corrected chi connectivity index (χ0v) is 10.8. The predicted molar refractivity (Wildman–Crippen MR) is 71.9 cm³/mol. The highest BCUT2D eigenvalue weighted by Crippen LogP contribution is 2.54. The van der Waals surface area contributed by atoms with E-state index in [1.807, 2.05) is 6.07 Å². The summed E-state index contributed by atoms with van der Waals surface area (Å²) in [5.41, 5.74) is 3.33. The SMILES string of the molecule is Oc1ccc2c(c1)[C@@]13CCCC[C@H]1[C@H](C2)NCC3. The molecule has 1 saturated carbocycles. The molecule has 2 aliphatic carbocycles. The minimum absolute atomic E-state index is 0.375. The molecule has 0 unspecified atom stereocenters. The lowest BCUT2D eigenvalue weighted by Crippen LogP contribution is -2.59. The van der Waals surface area contributed by atoms with Crippen molar-refractivity contribution in [2.45, 2.75) is 50.0 Å². The van der Waals surface area contributed by atoms with Gasteiger partial charge < -0.3 is 10.4 Å². The van der Waals surface area contributed by atoms with Crippen molar-refractivity contribution in [3.63, 3.8) is 0 Å². The number of aromatic hydroxyl groups is 1. The monoisotopic (exact) mass is 243 g/mol. The molecule has 4 rings (SSSR count). The summed E-state index contributed by atoms with van der Waals surface area (Å²) in [6.45, 7) is 1.15. The van der Waals surface area contributed by atoms with Crippen LogP contribution in [0.25, 0.3) is 0 Å². The second-order valence-corrected chi connectivity index (χ2v) is 6.36. The molecule has 0 amide bonds. The number of hydrogen-bond donors (Lipinski definition) is 2. The number of phenolic OH excluding ortho intramolecular Hbond substituents is 1. The van der Waals surface area contributed by atoms with Crippen LogP contribution in [0.1, 0.15) is 43.2 Å². The molecule has 96 valence electrons. The van der Waals surface area contributed by atoms with Crippen LogP contribution >= 0.6 is 0 Å². The average Bonchev–Trinajstić information content (AvgIpc) is 2.40. The summed E-state index contributed by atoms with van der Waals surface area (Å²) in [4.78, 5) is 0. The van der Waals surface area contributed by atoms with Crippen molar-refractivity contribution in [1.29, 1.82) is 0 Å². The Bertz CT molecular complexity index is 480. The third kappa shape index (κ3) is 1.33. The summed E-state index contributed by atoms with van der Waals surface area (Å²) in [5.74, 6) is 1.25. The Labute approximate surface area is 108 Å². The van der Waals surface area contributed by atoms with Gasteiger partial charge in [-0.15, -0.1) is 0 Å². The minimum Gasteiger partial charge on any atom is -0.508 e. The van der Waals surface area contributed by atoms with Gasteiger partial charge in [0.25, 0.3) is 0 Å². The van der Waals surface area contributed by atoms with Crippen LogP contribution in [0.15, 0.2) is 18.2 Å². The maximum Gasteiger partial charge on any atom is 0.115 e. The molecular formula is C16H21NO. The maximum absolute atomic E-state index is 9.86. The molecule has 1 saturated heterocycles. The van der Waals surface area contributed by atoms with Gasteiger partial charge in [-0.3, -0.25) is 0 Å². The Hall–Kier alpha value is -1.02. The summed E-state index contributed by atoms with van der Waals surface area (Å²) < 4.78 is 0. The molecule has 1 heterocycles. The van der Waals surface area contributed by atoms with Gasteiger partial charge in [-0.05, 0) is 61.4 Å². The van der Waals surface area contributed by atoms with Gasteiger partial charge >= 0.3 is 0 Å². The quantitative estimate of drug-likeness (QED) is 0.734. The highest BCUT2D eigenvalue weighted by Gasteiger charge is 2.51. The largest absolute Gasteiger partial charge is 0.508 e. The van der Waals surface area contributed by atoms with Gasteiger partial charge in [-0.2, -0.15) is 0 Å². The maximum atomic E-state index is 9.86. The average molecular weight is 243 g/mol. The molecule has 0 spiro atoms. The molecule has 18 heavy (non-hydrogen) atoms. The van der Waals surface area contributed by atoms with E-state index in [9.17, 15) is 5.11 Å². The molecule has 1 aliphatic heterocycles. The van der Waals surface area contributed by atoms with Crippen LogP contribution in [0.2, 0.25) is 0 Å². The Morgan fingerprint density at radius 2 is 2.17 bits per heavy atom. The topological polar surface area (TPSA) is 32.3 Å². The van der Waals surface area contributed by atoms with Crippen LogP contribution in [-0.2, 0) is 11.8 Å². The fraction of sp³-hybridized carbons (Fsp3) is 0.625. The number of benzene rings is 1. The molecule has 2 heteroatoms. The number of hydrogen-bond acceptors (Lipinski definition) is 2. The van der Waals surface area contributed by atoms with E-state index in [1.165, 1.54) is 43.2 Å². The fourth-order valence-electron chi connectivity index (χ4n) is 4.91. The Kier molecular flexibility index (Phi) is 2.25. The predicted octanol–water partition coefficient (Wildman–Crippen LogP) is 2.74. The Morgan fingerprint density at radius 3 is 3.11 bits per heavy atom. The van der Waals surface area contributed by atoms with Crippen LogP contribution < -0.4 is 5.32 Å². The first-order valence-electron chi connectivity index (χ1n) is 7.35. The standard InChI is InChI=1S/C16H21NO/c18-12-5-4-11-9-15-13-3-1-2-6-16(13,7-8-17-15)14(11)10-12/h4-5,10,13,15,17-18H,1-3,6-9H2/t13-,15-,16+/m0/s1. The highest BCUT2D eigenvalue weighted by atomic mass is 16.3. The lowest BCUT2D eigenvalue weighted by Gasteiger charge is -2.56. The van der Waals surface area contributed by atoms with Crippen LogP contribution in [0.5, 0.6) is 5.75 Å². The minimum atomic E-state index is 0.375. The number of nitrogens with one attached hydrogen (secondary N) is 1. The van der Waals surface area contributed by atoms with E-state index >= 15 is 0 Å². The van der Waals surface area contributed by atoms with E-state index in [2.05, 4.69) is 17.4 Å². The molecule has 2 nitrogen and oxygen atoms in total. The highest BCUT2D eigenvalue weighted by molar-refractivity contribution is 5.45. The lowest BCUT2D eigenvalue weighted by molar-refractivity contribution is 0.0795. The molecule has 2 fully saturated rings. The fourth-order valence-corrected chi connectivity index (χ4v) is 4.91. The summed E-state index contributed by atoms with van der Waals surface area (Å²) in [7, 11) is 0. The van der Waals surface area contributed by atoms with Gasteiger partial charge in [0.05, 0.1) is 0 Å². The molecule has 0 radical (unpaired) electrons. The van der Waals surface area contributed by atoms with E-state index in [1.54, 1.807) is 0 Å². The first-order chi connectivity index (χ1) is 8.79. The zero-order valence-electron chi connectivity index (χ0n) is 10.8. The normalized spacial score (nSPS) is 37.8. The van der Waals surface area contributed by atoms with Crippen molar-refractivity contribution in [2.24, 2.45) is 5.92 Å². The number of fused-ring (bicyclic) bond motifs is 1. The van der Waals surface area contributed by atoms with Gasteiger partial charge in [0.1, 0.15) is 5.75 Å². The summed E-state index contributed by atoms with van der Waals surface area (Å²) >= 11 is 0. The second kappa shape index (κ2) is 3.74. The lowest BCUT2D eigenvalue weighted by atomic mass is 9.53. The van der Waals surface area contributed by atoms with Gasteiger partial charge in [0, 0.05) is 11.5 Å². The van der Waals surface area contributed by atoms with Crippen molar-refractivity contribution in [3.05, 3.63) is 29.3 Å². The Morgan fingerprint density at radius 1 is 1.22 bits per heavy atom. The van der Waals surface area contributed by atoms with E-state index in [0.717, 1.165) is 18.9 Å². The number of piperidine rings is 1. The number of rotatable bonds is 0. The van der Waals surface area contributed by atoms with Crippen molar-refractivity contribution < 1.29 is 5.11 Å². The smallest absolute Gasteiger partial charge is 0.115 e. The summed E-state index contributed by atoms with van der Waals surface area (Å²) in [6.07, 6.45) is 7.85. The van der Waals surface area contributed by atoms with Gasteiger partial charge in [-0.25, -0.2) is 0 Å². The summed E-state index contributed by atoms with van der Waals surface area (Å²) in [5, 5.41) is 13.6. The molecule has 0 aromatic heterocycles. The van der Waals surface area contributed by atoms with E-state index < -0.39 is 0 Å². The van der Waals surface area contributed by atoms with E-state index in [-0.39, 0.29) is 0 Å². The molecule has 2 N–H and O–H groups in total. The second-order valence-electron chi connectivity index (χ2n) is 6.36. The van der Waals surface area contributed by atoms with Crippen LogP contribution in [0, 0.1) is 5.92 Å². The molecule has 1 aromatic rings. The molecule has 3 atom stereocenters. The first-order valence-corrected chi connectivity index (χ1v) is 7.35.